The highest BCUT2D eigenvalue weighted by molar-refractivity contribution is 5.98. The highest BCUT2D eigenvalue weighted by atomic mass is 19.4. The molecule has 1 atom stereocenters. The molecule has 46 heavy (non-hydrogen) atoms. The summed E-state index contributed by atoms with van der Waals surface area (Å²) in [4.78, 5) is 43.6. The van der Waals surface area contributed by atoms with Crippen molar-refractivity contribution in [3.8, 4) is 17.2 Å². The number of nitrogens with zero attached hydrogens (tertiary/aromatic N) is 2. The van der Waals surface area contributed by atoms with Crippen LogP contribution in [0, 0.1) is 0 Å². The molecule has 2 amide bonds. The molecule has 16 heteroatoms. The SMILES string of the molecule is CCCOc1cccnc1C(=O)NNC(=O)C1Nc2ccc(cc2)/C(N)=N\COc2cc1ccc2OC(C)C.O=C(O)C(F)(F)F. The Labute approximate surface area is 261 Å². The Morgan fingerprint density at radius 2 is 1.80 bits per heavy atom. The van der Waals surface area contributed by atoms with Crippen LogP contribution in [-0.4, -0.2) is 59.3 Å². The first-order valence-electron chi connectivity index (χ1n) is 13.9. The van der Waals surface area contributed by atoms with Crippen molar-refractivity contribution >= 4 is 29.3 Å². The maximum Gasteiger partial charge on any atom is 0.490 e. The number of alkyl halides is 3. The normalized spacial score (nSPS) is 15.1. The molecule has 246 valence electrons. The second-order valence-corrected chi connectivity index (χ2v) is 9.79. The smallest absolute Gasteiger partial charge is 0.490 e. The lowest BCUT2D eigenvalue weighted by Crippen LogP contribution is -2.45. The summed E-state index contributed by atoms with van der Waals surface area (Å²) in [6.45, 7) is 6.15. The minimum Gasteiger partial charge on any atom is -0.491 e. The van der Waals surface area contributed by atoms with Gasteiger partial charge in [-0.2, -0.15) is 13.2 Å². The number of hydrogen-bond donors (Lipinski definition) is 5. The van der Waals surface area contributed by atoms with Crippen LogP contribution in [0.3, 0.4) is 0 Å². The molecule has 3 aromatic rings. The van der Waals surface area contributed by atoms with Crippen LogP contribution in [-0.2, 0) is 9.59 Å². The number of nitrogens with two attached hydrogens (primary N) is 1. The van der Waals surface area contributed by atoms with E-state index in [0.717, 1.165) is 6.42 Å². The van der Waals surface area contributed by atoms with Gasteiger partial charge in [0.1, 0.15) is 11.9 Å². The van der Waals surface area contributed by atoms with Gasteiger partial charge >= 0.3 is 12.1 Å². The number of amidine groups is 1. The highest BCUT2D eigenvalue weighted by Crippen LogP contribution is 2.33. The van der Waals surface area contributed by atoms with Crippen LogP contribution in [0.2, 0.25) is 0 Å². The number of aliphatic carboxylic acids is 1. The molecule has 0 fully saturated rings. The molecule has 2 aliphatic rings. The second kappa shape index (κ2) is 16.0. The van der Waals surface area contributed by atoms with Crippen LogP contribution in [0.1, 0.15) is 54.8 Å². The summed E-state index contributed by atoms with van der Waals surface area (Å²) in [6.07, 6.45) is -2.93. The summed E-state index contributed by atoms with van der Waals surface area (Å²) in [5.74, 6) is -2.34. The Balaban J connectivity index is 0.000000738. The standard InChI is InChI=1S/C28H32N6O5.C2HF3O2/c1-4-14-37-22-6-5-13-30-25(22)28(36)34-33-27(35)24-19-9-12-21(39-17(2)3)23(15-19)38-16-31-26(29)18-7-10-20(32-24)11-8-18;3-2(4,5)1(6)7/h5-13,15,17,24,32H,4,14,16H2,1-3H3,(H2,29,31)(H,33,35)(H,34,36);(H,6,7). The van der Waals surface area contributed by atoms with E-state index in [1.165, 1.54) is 6.20 Å². The van der Waals surface area contributed by atoms with Crippen molar-refractivity contribution in [1.82, 2.24) is 15.8 Å². The monoisotopic (exact) mass is 646 g/mol. The number of carboxylic acids is 1. The Kier molecular flexibility index (Phi) is 12.1. The fourth-order valence-electron chi connectivity index (χ4n) is 3.77. The zero-order valence-electron chi connectivity index (χ0n) is 25.1. The Morgan fingerprint density at radius 3 is 2.43 bits per heavy atom. The van der Waals surface area contributed by atoms with Gasteiger partial charge < -0.3 is 30.4 Å². The number of carbonyl (C=O) groups excluding carboxylic acids is 2. The second-order valence-electron chi connectivity index (χ2n) is 9.79. The van der Waals surface area contributed by atoms with E-state index in [0.29, 0.717) is 46.5 Å². The zero-order chi connectivity index (χ0) is 33.9. The molecule has 1 unspecified atom stereocenters. The van der Waals surface area contributed by atoms with Crippen molar-refractivity contribution < 1.29 is 46.9 Å². The summed E-state index contributed by atoms with van der Waals surface area (Å²) in [7, 11) is 0. The van der Waals surface area contributed by atoms with Gasteiger partial charge in [0.25, 0.3) is 11.8 Å². The first-order valence-corrected chi connectivity index (χ1v) is 13.9. The predicted octanol–water partition coefficient (Wildman–Crippen LogP) is 3.96. The van der Waals surface area contributed by atoms with E-state index in [9.17, 15) is 22.8 Å². The number of hydrazine groups is 1. The molecule has 0 saturated heterocycles. The maximum absolute atomic E-state index is 13.4. The number of aromatic nitrogens is 1. The molecule has 3 heterocycles. The quantitative estimate of drug-likeness (QED) is 0.235. The first kappa shape index (κ1) is 34.9. The lowest BCUT2D eigenvalue weighted by molar-refractivity contribution is -0.192. The topological polar surface area (TPSA) is 186 Å². The Hall–Kier alpha value is -5.54. The Bertz CT molecular complexity index is 1550. The number of carboxylic acid groups (broad SMARTS) is 1. The number of rotatable bonds is 7. The van der Waals surface area contributed by atoms with Crippen molar-refractivity contribution in [3.63, 3.8) is 0 Å². The fourth-order valence-corrected chi connectivity index (χ4v) is 3.77. The third-order valence-electron chi connectivity index (χ3n) is 5.86. The molecule has 2 aromatic carbocycles. The van der Waals surface area contributed by atoms with Gasteiger partial charge in [0, 0.05) is 17.4 Å². The van der Waals surface area contributed by atoms with E-state index in [2.05, 4.69) is 26.1 Å². The number of amides is 2. The predicted molar refractivity (Wildman–Crippen MR) is 161 cm³/mol. The van der Waals surface area contributed by atoms with Crippen LogP contribution in [0.25, 0.3) is 0 Å². The summed E-state index contributed by atoms with van der Waals surface area (Å²) in [5, 5.41) is 10.3. The van der Waals surface area contributed by atoms with E-state index >= 15 is 0 Å². The molecule has 6 N–H and O–H groups in total. The van der Waals surface area contributed by atoms with E-state index in [1.807, 2.05) is 20.8 Å². The molecule has 13 nitrogen and oxygen atoms in total. The summed E-state index contributed by atoms with van der Waals surface area (Å²) in [5.41, 5.74) is 13.0. The number of nitrogens with one attached hydrogen (secondary N) is 3. The molecule has 0 spiro atoms. The number of hydrogen-bond acceptors (Lipinski definition) is 10. The number of ether oxygens (including phenoxy) is 3. The van der Waals surface area contributed by atoms with Crippen molar-refractivity contribution in [3.05, 3.63) is 77.6 Å². The number of halogens is 3. The van der Waals surface area contributed by atoms with Gasteiger partial charge in [-0.25, -0.2) is 14.8 Å². The van der Waals surface area contributed by atoms with E-state index in [-0.39, 0.29) is 18.5 Å². The minimum absolute atomic E-state index is 0.0433. The molecule has 2 aliphatic heterocycles. The molecule has 1 aromatic heterocycles. The number of carbonyl (C=O) groups is 3. The lowest BCUT2D eigenvalue weighted by Gasteiger charge is -2.22. The number of pyridine rings is 1. The van der Waals surface area contributed by atoms with Gasteiger partial charge in [-0.05, 0) is 74.4 Å². The van der Waals surface area contributed by atoms with Gasteiger partial charge in [0.05, 0.1) is 12.7 Å². The third-order valence-corrected chi connectivity index (χ3v) is 5.86. The molecule has 0 saturated carbocycles. The molecule has 0 aliphatic carbocycles. The average Bonchev–Trinajstić information content (AvgIpc) is 3.03. The van der Waals surface area contributed by atoms with Gasteiger partial charge in [-0.15, -0.1) is 0 Å². The van der Waals surface area contributed by atoms with Crippen LogP contribution >= 0.6 is 0 Å². The van der Waals surface area contributed by atoms with Gasteiger partial charge in [0.15, 0.2) is 29.7 Å². The maximum atomic E-state index is 13.4. The van der Waals surface area contributed by atoms with E-state index in [4.69, 9.17) is 29.8 Å². The summed E-state index contributed by atoms with van der Waals surface area (Å²) >= 11 is 0. The zero-order valence-corrected chi connectivity index (χ0v) is 25.1. The van der Waals surface area contributed by atoms with Crippen LogP contribution < -0.4 is 36.1 Å². The molecule has 4 bridgehead atoms. The molecular weight excluding hydrogens is 613 g/mol. The number of anilines is 1. The number of aliphatic imine (C=N–C) groups is 1. The van der Waals surface area contributed by atoms with Crippen LogP contribution in [0.4, 0.5) is 18.9 Å². The number of benzene rings is 2. The van der Waals surface area contributed by atoms with Crippen molar-refractivity contribution in [2.45, 2.75) is 45.5 Å². The summed E-state index contributed by atoms with van der Waals surface area (Å²) < 4.78 is 49.1. The lowest BCUT2D eigenvalue weighted by atomic mass is 10.0. The van der Waals surface area contributed by atoms with E-state index < -0.39 is 30.0 Å². The molecular formula is C30H33F3N6O7. The van der Waals surface area contributed by atoms with E-state index in [1.54, 1.807) is 54.6 Å². The van der Waals surface area contributed by atoms with Gasteiger partial charge in [-0.1, -0.05) is 13.0 Å². The minimum atomic E-state index is -5.08. The van der Waals surface area contributed by atoms with Crippen molar-refractivity contribution in [1.29, 1.82) is 0 Å². The highest BCUT2D eigenvalue weighted by Gasteiger charge is 2.38. The fraction of sp³-hybridized carbons (Fsp3) is 0.300. The molecule has 0 radical (unpaired) electrons. The summed E-state index contributed by atoms with van der Waals surface area (Å²) in [6, 6.07) is 14.8. The first-order chi connectivity index (χ1) is 21.8. The average molecular weight is 647 g/mol. The van der Waals surface area contributed by atoms with Gasteiger partial charge in [-0.3, -0.25) is 20.4 Å². The van der Waals surface area contributed by atoms with Crippen molar-refractivity contribution in [2.24, 2.45) is 10.7 Å². The van der Waals surface area contributed by atoms with Crippen molar-refractivity contribution in [2.75, 3.05) is 18.7 Å². The van der Waals surface area contributed by atoms with Crippen LogP contribution in [0.5, 0.6) is 17.2 Å². The largest absolute Gasteiger partial charge is 0.491 e. The van der Waals surface area contributed by atoms with Crippen LogP contribution in [0.15, 0.2) is 65.8 Å². The molecule has 5 rings (SSSR count). The van der Waals surface area contributed by atoms with Gasteiger partial charge in [0.2, 0.25) is 0 Å². The number of fused-ring (bicyclic) bond motifs is 5. The third kappa shape index (κ3) is 10.0. The Morgan fingerprint density at radius 1 is 1.11 bits per heavy atom.